The van der Waals surface area contributed by atoms with Gasteiger partial charge in [0, 0.05) is 0 Å². The van der Waals surface area contributed by atoms with Crippen molar-refractivity contribution in [1.82, 2.24) is 4.90 Å². The average Bonchev–Trinajstić information content (AvgIpc) is 3.09. The van der Waals surface area contributed by atoms with Gasteiger partial charge in [-0.15, -0.1) is 0 Å². The van der Waals surface area contributed by atoms with E-state index in [2.05, 4.69) is 0 Å². The van der Waals surface area contributed by atoms with Gasteiger partial charge in [-0.25, -0.2) is 0 Å². The molecule has 146 valence electrons. The molecule has 0 spiro atoms. The number of piperidine rings is 1. The van der Waals surface area contributed by atoms with Crippen LogP contribution in [0.15, 0.2) is 60.7 Å². The van der Waals surface area contributed by atoms with Crippen molar-refractivity contribution in [3.63, 3.8) is 0 Å². The van der Waals surface area contributed by atoms with Crippen molar-refractivity contribution in [2.24, 2.45) is 5.92 Å². The average molecular weight is 444 g/mol. The molecule has 0 aliphatic carbocycles. The monoisotopic (exact) mass is 445 g/mol. The zero-order chi connectivity index (χ0) is 19.7. The summed E-state index contributed by atoms with van der Waals surface area (Å²) in [4.78, 5) is 27.8. The number of amides is 1. The third-order valence-electron chi connectivity index (χ3n) is 5.62. The summed E-state index contributed by atoms with van der Waals surface area (Å²) in [5.74, 6) is -0.750. The molecule has 4 rings (SSSR count). The second-order valence-electron chi connectivity index (χ2n) is 7.23. The van der Waals surface area contributed by atoms with Gasteiger partial charge in [-0.05, 0) is 0 Å². The Balaban J connectivity index is 1.71. The van der Waals surface area contributed by atoms with E-state index in [1.165, 1.54) is 7.11 Å². The molecule has 1 amide bonds. The van der Waals surface area contributed by atoms with Gasteiger partial charge in [-0.1, -0.05) is 0 Å². The molecule has 0 bridgehead atoms. The Morgan fingerprint density at radius 3 is 2.43 bits per heavy atom. The first-order valence-corrected chi connectivity index (χ1v) is 11.2. The molecular weight excluding hydrogens is 421 g/mol. The van der Waals surface area contributed by atoms with Crippen LogP contribution in [0.25, 0.3) is 0 Å². The van der Waals surface area contributed by atoms with Crippen LogP contribution in [0.3, 0.4) is 0 Å². The Kier molecular flexibility index (Phi) is 5.28. The summed E-state index contributed by atoms with van der Waals surface area (Å²) in [6.45, 7) is 2.23. The number of hydrogen-bond donors (Lipinski definition) is 0. The van der Waals surface area contributed by atoms with E-state index in [0.717, 1.165) is 10.0 Å². The molecule has 2 aromatic rings. The molecular formula is C22H23NO4Se. The fourth-order valence-electron chi connectivity index (χ4n) is 4.17. The second-order valence-corrected chi connectivity index (χ2v) is 9.91. The summed E-state index contributed by atoms with van der Waals surface area (Å²) >= 11 is -0.0736. The van der Waals surface area contributed by atoms with Crippen molar-refractivity contribution in [3.8, 4) is 0 Å². The van der Waals surface area contributed by atoms with Crippen LogP contribution in [0.2, 0.25) is 4.82 Å². The number of methoxy groups -OCH3 is 1. The van der Waals surface area contributed by atoms with Crippen molar-refractivity contribution in [2.75, 3.05) is 13.7 Å². The molecule has 2 aliphatic rings. The fraction of sp³-hybridized carbons (Fsp3) is 0.364. The molecule has 0 aromatic heterocycles. The molecule has 2 fully saturated rings. The van der Waals surface area contributed by atoms with E-state index in [1.807, 2.05) is 72.5 Å². The summed E-state index contributed by atoms with van der Waals surface area (Å²) < 4.78 is 12.4. The number of hydrogen-bond acceptors (Lipinski definition) is 4. The molecule has 0 radical (unpaired) electrons. The third-order valence-corrected chi connectivity index (χ3v) is 8.19. The quantitative estimate of drug-likeness (QED) is 0.537. The topological polar surface area (TPSA) is 55.8 Å². The summed E-state index contributed by atoms with van der Waals surface area (Å²) in [6.07, 6.45) is 0.453. The second kappa shape index (κ2) is 7.70. The number of benzene rings is 2. The first kappa shape index (κ1) is 19.2. The SMILES string of the molecule is COC(=O)[C@H]1CC([Se]c2ccccc2)C(=O)N2[C@@H](c3ccccc3)CO[C@]12C. The molecule has 2 aromatic carbocycles. The van der Waals surface area contributed by atoms with Crippen LogP contribution in [-0.2, 0) is 19.1 Å². The van der Waals surface area contributed by atoms with Gasteiger partial charge >= 0.3 is 171 Å². The zero-order valence-electron chi connectivity index (χ0n) is 15.9. The van der Waals surface area contributed by atoms with E-state index in [1.54, 1.807) is 0 Å². The van der Waals surface area contributed by atoms with E-state index >= 15 is 0 Å². The number of fused-ring (bicyclic) bond motifs is 1. The van der Waals surface area contributed by atoms with Gasteiger partial charge in [-0.3, -0.25) is 0 Å². The van der Waals surface area contributed by atoms with Gasteiger partial charge in [0.05, 0.1) is 0 Å². The normalized spacial score (nSPS) is 29.4. The number of ether oxygens (including phenoxy) is 2. The predicted molar refractivity (Wildman–Crippen MR) is 106 cm³/mol. The molecule has 1 unspecified atom stereocenters. The molecule has 5 nitrogen and oxygen atoms in total. The van der Waals surface area contributed by atoms with Crippen molar-refractivity contribution in [3.05, 3.63) is 66.2 Å². The molecule has 0 N–H and O–H groups in total. The number of nitrogens with zero attached hydrogens (tertiary/aromatic N) is 1. The number of esters is 1. The zero-order valence-corrected chi connectivity index (χ0v) is 17.6. The first-order valence-electron chi connectivity index (χ1n) is 9.36. The van der Waals surface area contributed by atoms with Gasteiger partial charge in [0.2, 0.25) is 0 Å². The van der Waals surface area contributed by atoms with Crippen LogP contribution in [0, 0.1) is 5.92 Å². The summed E-state index contributed by atoms with van der Waals surface area (Å²) in [7, 11) is 1.40. The summed E-state index contributed by atoms with van der Waals surface area (Å²) in [6, 6.07) is 19.7. The Morgan fingerprint density at radius 2 is 1.79 bits per heavy atom. The van der Waals surface area contributed by atoms with Crippen molar-refractivity contribution in [1.29, 1.82) is 0 Å². The first-order chi connectivity index (χ1) is 13.5. The molecule has 4 atom stereocenters. The molecule has 0 saturated carbocycles. The maximum absolute atomic E-state index is 13.6. The van der Waals surface area contributed by atoms with Gasteiger partial charge in [0.1, 0.15) is 0 Å². The van der Waals surface area contributed by atoms with E-state index in [4.69, 9.17) is 9.47 Å². The van der Waals surface area contributed by atoms with Gasteiger partial charge in [0.15, 0.2) is 0 Å². The Morgan fingerprint density at radius 1 is 1.14 bits per heavy atom. The van der Waals surface area contributed by atoms with E-state index in [0.29, 0.717) is 13.0 Å². The van der Waals surface area contributed by atoms with Crippen molar-refractivity contribution >= 4 is 31.3 Å². The molecule has 2 aliphatic heterocycles. The van der Waals surface area contributed by atoms with Crippen LogP contribution in [0.1, 0.15) is 24.9 Å². The molecule has 28 heavy (non-hydrogen) atoms. The predicted octanol–water partition coefficient (Wildman–Crippen LogP) is 2.31. The minimum atomic E-state index is -0.978. The van der Waals surface area contributed by atoms with Crippen molar-refractivity contribution < 1.29 is 19.1 Å². The third kappa shape index (κ3) is 3.26. The maximum atomic E-state index is 13.6. The van der Waals surface area contributed by atoms with Crippen LogP contribution in [-0.4, -0.2) is 51.2 Å². The minimum absolute atomic E-state index is 0.0675. The molecule has 2 heterocycles. The van der Waals surface area contributed by atoms with E-state index in [-0.39, 0.29) is 37.7 Å². The Bertz CT molecular complexity index is 859. The summed E-state index contributed by atoms with van der Waals surface area (Å²) in [5.41, 5.74) is 0.0459. The van der Waals surface area contributed by atoms with E-state index < -0.39 is 11.6 Å². The van der Waals surface area contributed by atoms with Crippen molar-refractivity contribution in [2.45, 2.75) is 29.9 Å². The number of carbonyl (C=O) groups is 2. The van der Waals surface area contributed by atoms with Gasteiger partial charge in [-0.2, -0.15) is 0 Å². The van der Waals surface area contributed by atoms with Gasteiger partial charge in [0.25, 0.3) is 0 Å². The van der Waals surface area contributed by atoms with Crippen LogP contribution in [0.4, 0.5) is 0 Å². The summed E-state index contributed by atoms with van der Waals surface area (Å²) in [5, 5.41) is 0. The van der Waals surface area contributed by atoms with Crippen LogP contribution >= 0.6 is 0 Å². The number of carbonyl (C=O) groups excluding carboxylic acids is 2. The van der Waals surface area contributed by atoms with E-state index in [9.17, 15) is 9.59 Å². The number of rotatable bonds is 4. The standard InChI is InChI=1S/C22H23NO4Se/c1-22-17(21(25)26-2)13-19(28-16-11-7-4-8-12-16)20(24)23(22)18(14-27-22)15-9-5-3-6-10-15/h3-12,17-19H,13-14H2,1-2H3/t17-,18-,19?,22-/m1/s1. The Hall–Kier alpha value is -2.14. The fourth-order valence-corrected chi connectivity index (χ4v) is 6.57. The van der Waals surface area contributed by atoms with Crippen LogP contribution < -0.4 is 4.46 Å². The van der Waals surface area contributed by atoms with Crippen LogP contribution in [0.5, 0.6) is 0 Å². The Labute approximate surface area is 171 Å². The molecule has 2 saturated heterocycles. The van der Waals surface area contributed by atoms with Gasteiger partial charge < -0.3 is 0 Å². The molecule has 6 heteroatoms.